The van der Waals surface area contributed by atoms with Crippen LogP contribution >= 0.6 is 39.1 Å². The van der Waals surface area contributed by atoms with E-state index in [1.165, 1.54) is 12.1 Å². The van der Waals surface area contributed by atoms with Crippen molar-refractivity contribution in [2.45, 2.75) is 13.8 Å². The lowest BCUT2D eigenvalue weighted by atomic mass is 10.1. The molecule has 5 nitrogen and oxygen atoms in total. The molecule has 0 saturated carbocycles. The number of anilines is 1. The van der Waals surface area contributed by atoms with Crippen molar-refractivity contribution >= 4 is 56.7 Å². The number of aryl methyl sites for hydroxylation is 2. The van der Waals surface area contributed by atoms with Crippen LogP contribution in [0.4, 0.5) is 5.69 Å². The molecule has 0 bridgehead atoms. The van der Waals surface area contributed by atoms with E-state index >= 15 is 0 Å². The number of carbonyl (C=O) groups excluding carboxylic acids is 1. The fraction of sp³-hybridized carbons (Fsp3) is 0.176. The van der Waals surface area contributed by atoms with Gasteiger partial charge in [-0.1, -0.05) is 29.3 Å². The van der Waals surface area contributed by atoms with Crippen molar-refractivity contribution in [3.8, 4) is 5.75 Å². The van der Waals surface area contributed by atoms with E-state index in [4.69, 9.17) is 33.0 Å². The highest BCUT2D eigenvalue weighted by molar-refractivity contribution is 9.10. The highest BCUT2D eigenvalue weighted by Crippen LogP contribution is 2.31. The van der Waals surface area contributed by atoms with E-state index in [0.29, 0.717) is 5.75 Å². The van der Waals surface area contributed by atoms with Crippen LogP contribution in [0.5, 0.6) is 5.75 Å². The monoisotopic (exact) mass is 445 g/mol. The number of halogens is 3. The maximum Gasteiger partial charge on any atom is 0.337 e. The first-order valence-corrected chi connectivity index (χ1v) is 8.65. The largest absolute Gasteiger partial charge is 0.482 e. The molecule has 0 aliphatic heterocycles. The molecule has 0 unspecified atom stereocenters. The quantitative estimate of drug-likeness (QED) is 0.670. The Morgan fingerprint density at radius 3 is 2.44 bits per heavy atom. The first kappa shape index (κ1) is 19.6. The van der Waals surface area contributed by atoms with Gasteiger partial charge in [0.15, 0.2) is 6.61 Å². The van der Waals surface area contributed by atoms with Gasteiger partial charge in [-0.2, -0.15) is 0 Å². The van der Waals surface area contributed by atoms with Gasteiger partial charge in [-0.25, -0.2) is 4.79 Å². The topological polar surface area (TPSA) is 75.6 Å². The molecule has 0 spiro atoms. The summed E-state index contributed by atoms with van der Waals surface area (Å²) in [5.41, 5.74) is 1.95. The summed E-state index contributed by atoms with van der Waals surface area (Å²) in [6.07, 6.45) is 0. The maximum absolute atomic E-state index is 12.1. The number of rotatable bonds is 5. The van der Waals surface area contributed by atoms with Gasteiger partial charge in [0.2, 0.25) is 0 Å². The Bertz CT molecular complexity index is 832. The summed E-state index contributed by atoms with van der Waals surface area (Å²) in [4.78, 5) is 23.2. The van der Waals surface area contributed by atoms with E-state index in [-0.39, 0.29) is 27.9 Å². The third-order valence-corrected chi connectivity index (χ3v) is 4.50. The number of carboxylic acids is 1. The zero-order valence-electron chi connectivity index (χ0n) is 13.3. The molecule has 0 saturated heterocycles. The summed E-state index contributed by atoms with van der Waals surface area (Å²) < 4.78 is 6.30. The summed E-state index contributed by atoms with van der Waals surface area (Å²) in [6.45, 7) is 3.57. The molecule has 132 valence electrons. The van der Waals surface area contributed by atoms with Crippen LogP contribution in [0.15, 0.2) is 28.7 Å². The van der Waals surface area contributed by atoms with Crippen LogP contribution in [0.25, 0.3) is 0 Å². The Morgan fingerprint density at radius 2 is 1.84 bits per heavy atom. The maximum atomic E-state index is 12.1. The molecule has 2 aromatic carbocycles. The number of carbonyl (C=O) groups is 2. The molecular weight excluding hydrogens is 433 g/mol. The van der Waals surface area contributed by atoms with Crippen LogP contribution in [0.1, 0.15) is 21.5 Å². The smallest absolute Gasteiger partial charge is 0.337 e. The van der Waals surface area contributed by atoms with Crippen LogP contribution in [0.3, 0.4) is 0 Å². The average Bonchev–Trinajstić information content (AvgIpc) is 2.48. The predicted octanol–water partition coefficient (Wildman–Crippen LogP) is 5.09. The number of nitrogens with one attached hydrogen (secondary N) is 1. The molecule has 2 aromatic rings. The molecule has 0 aliphatic carbocycles. The number of carboxylic acid groups (broad SMARTS) is 1. The molecule has 0 radical (unpaired) electrons. The molecule has 0 atom stereocenters. The van der Waals surface area contributed by atoms with Crippen LogP contribution in [0.2, 0.25) is 10.0 Å². The number of aromatic carboxylic acids is 1. The highest BCUT2D eigenvalue weighted by Gasteiger charge is 2.15. The molecule has 1 amide bonds. The molecule has 8 heteroatoms. The zero-order chi connectivity index (χ0) is 18.7. The lowest BCUT2D eigenvalue weighted by Gasteiger charge is -2.13. The number of amides is 1. The Labute approximate surface area is 163 Å². The summed E-state index contributed by atoms with van der Waals surface area (Å²) in [7, 11) is 0. The summed E-state index contributed by atoms with van der Waals surface area (Å²) in [5, 5.41) is 11.7. The number of hydrogen-bond donors (Lipinski definition) is 2. The Balaban J connectivity index is 2.11. The third-order valence-electron chi connectivity index (χ3n) is 3.28. The fourth-order valence-electron chi connectivity index (χ4n) is 2.22. The molecule has 0 heterocycles. The van der Waals surface area contributed by atoms with E-state index in [9.17, 15) is 9.59 Å². The lowest BCUT2D eigenvalue weighted by molar-refractivity contribution is -0.118. The second-order valence-electron chi connectivity index (χ2n) is 5.35. The van der Waals surface area contributed by atoms with Gasteiger partial charge in [0.1, 0.15) is 5.75 Å². The third kappa shape index (κ3) is 4.87. The number of ether oxygens (including phenoxy) is 1. The Kier molecular flexibility index (Phi) is 6.32. The van der Waals surface area contributed by atoms with E-state index in [0.717, 1.165) is 15.6 Å². The van der Waals surface area contributed by atoms with Crippen molar-refractivity contribution in [3.63, 3.8) is 0 Å². The van der Waals surface area contributed by atoms with E-state index < -0.39 is 11.9 Å². The minimum Gasteiger partial charge on any atom is -0.482 e. The number of hydrogen-bond acceptors (Lipinski definition) is 3. The molecule has 2 rings (SSSR count). The van der Waals surface area contributed by atoms with Crippen molar-refractivity contribution < 1.29 is 19.4 Å². The summed E-state index contributed by atoms with van der Waals surface area (Å²) in [6, 6.07) is 6.30. The zero-order valence-corrected chi connectivity index (χ0v) is 16.4. The van der Waals surface area contributed by atoms with E-state index in [1.54, 1.807) is 0 Å². The van der Waals surface area contributed by atoms with Crippen LogP contribution < -0.4 is 10.1 Å². The molecular formula is C17H14BrCl2NO4. The van der Waals surface area contributed by atoms with Gasteiger partial charge in [0.05, 0.1) is 25.8 Å². The summed E-state index contributed by atoms with van der Waals surface area (Å²) >= 11 is 15.2. The van der Waals surface area contributed by atoms with Gasteiger partial charge in [0.25, 0.3) is 5.91 Å². The standard InChI is InChI=1S/C17H14BrCl2NO4/c1-8-3-9(2)16(11(18)4-8)25-7-15(22)21-14-5-10(17(23)24)12(19)6-13(14)20/h3-6H,7H2,1-2H3,(H,21,22)(H,23,24). The van der Waals surface area contributed by atoms with E-state index in [2.05, 4.69) is 21.2 Å². The summed E-state index contributed by atoms with van der Waals surface area (Å²) in [5.74, 6) is -1.13. The Morgan fingerprint density at radius 1 is 1.16 bits per heavy atom. The highest BCUT2D eigenvalue weighted by atomic mass is 79.9. The van der Waals surface area contributed by atoms with Gasteiger partial charge in [-0.15, -0.1) is 0 Å². The van der Waals surface area contributed by atoms with Crippen molar-refractivity contribution in [3.05, 3.63) is 55.5 Å². The van der Waals surface area contributed by atoms with Crippen LogP contribution in [-0.4, -0.2) is 23.6 Å². The van der Waals surface area contributed by atoms with Crippen molar-refractivity contribution in [2.75, 3.05) is 11.9 Å². The molecule has 0 aromatic heterocycles. The average molecular weight is 447 g/mol. The lowest BCUT2D eigenvalue weighted by Crippen LogP contribution is -2.21. The molecule has 0 fully saturated rings. The van der Waals surface area contributed by atoms with Crippen LogP contribution in [0, 0.1) is 13.8 Å². The van der Waals surface area contributed by atoms with Crippen molar-refractivity contribution in [2.24, 2.45) is 0 Å². The first-order chi connectivity index (χ1) is 11.7. The van der Waals surface area contributed by atoms with Crippen LogP contribution in [-0.2, 0) is 4.79 Å². The van der Waals surface area contributed by atoms with Gasteiger partial charge < -0.3 is 15.2 Å². The van der Waals surface area contributed by atoms with E-state index in [1.807, 2.05) is 26.0 Å². The molecule has 0 aliphatic rings. The number of benzene rings is 2. The van der Waals surface area contributed by atoms with Crippen molar-refractivity contribution in [1.82, 2.24) is 0 Å². The van der Waals surface area contributed by atoms with Gasteiger partial charge in [-0.05, 0) is 59.1 Å². The van der Waals surface area contributed by atoms with Gasteiger partial charge in [0, 0.05) is 0 Å². The fourth-order valence-corrected chi connectivity index (χ4v) is 3.52. The van der Waals surface area contributed by atoms with Gasteiger partial charge in [-0.3, -0.25) is 4.79 Å². The molecule has 25 heavy (non-hydrogen) atoms. The van der Waals surface area contributed by atoms with Crippen molar-refractivity contribution in [1.29, 1.82) is 0 Å². The first-order valence-electron chi connectivity index (χ1n) is 7.10. The predicted molar refractivity (Wildman–Crippen MR) is 101 cm³/mol. The minimum atomic E-state index is -1.22. The second kappa shape index (κ2) is 8.08. The minimum absolute atomic E-state index is 0.00837. The van der Waals surface area contributed by atoms with Gasteiger partial charge >= 0.3 is 5.97 Å². The SMILES string of the molecule is Cc1cc(C)c(OCC(=O)Nc2cc(C(=O)O)c(Cl)cc2Cl)c(Br)c1. The Hall–Kier alpha value is -1.76. The second-order valence-corrected chi connectivity index (χ2v) is 7.02. The molecule has 2 N–H and O–H groups in total. The normalized spacial score (nSPS) is 10.4.